The molecule has 3 aromatic rings. The topological polar surface area (TPSA) is 75.7 Å². The average Bonchev–Trinajstić information content (AvgIpc) is 3.26. The molecule has 0 aromatic heterocycles. The van der Waals surface area contributed by atoms with Crippen LogP contribution in [0.4, 0.5) is 11.4 Å². The molecule has 1 heterocycles. The lowest BCUT2D eigenvalue weighted by molar-refractivity contribution is -0.123. The summed E-state index contributed by atoms with van der Waals surface area (Å²) in [4.78, 5) is 39.0. The normalized spacial score (nSPS) is 14.2. The molecule has 1 unspecified atom stereocenters. The molecule has 6 heteroatoms. The van der Waals surface area contributed by atoms with Crippen molar-refractivity contribution < 1.29 is 19.1 Å². The lowest BCUT2D eigenvalue weighted by Crippen LogP contribution is -2.30. The first-order chi connectivity index (χ1) is 15.5. The Hall–Kier alpha value is -3.93. The molecule has 1 aliphatic rings. The van der Waals surface area contributed by atoms with Gasteiger partial charge < -0.3 is 15.0 Å². The summed E-state index contributed by atoms with van der Waals surface area (Å²) in [5, 5.41) is 2.86. The Kier molecular flexibility index (Phi) is 6.31. The monoisotopic (exact) mass is 428 g/mol. The maximum Gasteiger partial charge on any atom is 0.338 e. The number of rotatable bonds is 6. The number of para-hydroxylation sites is 1. The van der Waals surface area contributed by atoms with E-state index in [1.54, 1.807) is 29.2 Å². The van der Waals surface area contributed by atoms with Crippen LogP contribution in [0.2, 0.25) is 0 Å². The number of nitrogens with zero attached hydrogens (tertiary/aromatic N) is 1. The van der Waals surface area contributed by atoms with E-state index < -0.39 is 18.0 Å². The van der Waals surface area contributed by atoms with E-state index in [9.17, 15) is 14.4 Å². The number of ether oxygens (including phenoxy) is 1. The van der Waals surface area contributed by atoms with E-state index >= 15 is 0 Å². The van der Waals surface area contributed by atoms with Gasteiger partial charge in [-0.05, 0) is 43.2 Å². The van der Waals surface area contributed by atoms with Gasteiger partial charge in [0, 0.05) is 29.9 Å². The second kappa shape index (κ2) is 9.47. The second-order valence-corrected chi connectivity index (χ2v) is 7.65. The Morgan fingerprint density at radius 3 is 2.47 bits per heavy atom. The molecular formula is C26H24N2O4. The zero-order chi connectivity index (χ0) is 22.5. The van der Waals surface area contributed by atoms with Gasteiger partial charge in [-0.2, -0.15) is 0 Å². The van der Waals surface area contributed by atoms with Gasteiger partial charge in [-0.15, -0.1) is 0 Å². The molecule has 1 fully saturated rings. The van der Waals surface area contributed by atoms with Gasteiger partial charge in [0.15, 0.2) is 6.10 Å². The highest BCUT2D eigenvalue weighted by Crippen LogP contribution is 2.28. The lowest BCUT2D eigenvalue weighted by atomic mass is 10.0. The van der Waals surface area contributed by atoms with Crippen LogP contribution in [-0.2, 0) is 14.3 Å². The minimum atomic E-state index is -0.997. The number of carbonyl (C=O) groups is 3. The number of anilines is 2. The van der Waals surface area contributed by atoms with Gasteiger partial charge in [-0.25, -0.2) is 4.79 Å². The fraction of sp³-hybridized carbons (Fsp3) is 0.192. The molecule has 0 radical (unpaired) electrons. The molecule has 162 valence electrons. The SMILES string of the molecule is CC(OC(=O)c1cccc(N2CCCC2=O)c1)C(=O)Nc1ccccc1-c1ccccc1. The maximum atomic E-state index is 12.7. The van der Waals surface area contributed by atoms with Crippen molar-refractivity contribution in [3.63, 3.8) is 0 Å². The highest BCUT2D eigenvalue weighted by molar-refractivity contribution is 6.01. The van der Waals surface area contributed by atoms with Crippen LogP contribution in [0.25, 0.3) is 11.1 Å². The number of carbonyl (C=O) groups excluding carboxylic acids is 3. The molecule has 1 saturated heterocycles. The molecular weight excluding hydrogens is 404 g/mol. The third-order valence-electron chi connectivity index (χ3n) is 5.39. The third-order valence-corrected chi connectivity index (χ3v) is 5.39. The number of hydrogen-bond acceptors (Lipinski definition) is 4. The molecule has 3 aromatic carbocycles. The lowest BCUT2D eigenvalue weighted by Gasteiger charge is -2.18. The summed E-state index contributed by atoms with van der Waals surface area (Å²) in [5.74, 6) is -0.995. The summed E-state index contributed by atoms with van der Waals surface area (Å²) in [7, 11) is 0. The second-order valence-electron chi connectivity index (χ2n) is 7.65. The van der Waals surface area contributed by atoms with Crippen molar-refractivity contribution in [2.75, 3.05) is 16.8 Å². The summed E-state index contributed by atoms with van der Waals surface area (Å²) < 4.78 is 5.41. The summed E-state index contributed by atoms with van der Waals surface area (Å²) in [5.41, 5.74) is 3.45. The fourth-order valence-corrected chi connectivity index (χ4v) is 3.70. The number of benzene rings is 3. The van der Waals surface area contributed by atoms with Gasteiger partial charge in [0.25, 0.3) is 5.91 Å². The van der Waals surface area contributed by atoms with Crippen LogP contribution in [-0.4, -0.2) is 30.4 Å². The van der Waals surface area contributed by atoms with E-state index in [2.05, 4.69) is 5.32 Å². The Morgan fingerprint density at radius 1 is 0.969 bits per heavy atom. The molecule has 4 rings (SSSR count). The molecule has 0 bridgehead atoms. The molecule has 0 saturated carbocycles. The van der Waals surface area contributed by atoms with E-state index in [0.29, 0.717) is 29.9 Å². The van der Waals surface area contributed by atoms with Gasteiger partial charge in [0.2, 0.25) is 5.91 Å². The van der Waals surface area contributed by atoms with Gasteiger partial charge in [-0.1, -0.05) is 54.6 Å². The predicted molar refractivity (Wildman–Crippen MR) is 123 cm³/mol. The molecule has 1 N–H and O–H groups in total. The smallest absolute Gasteiger partial charge is 0.338 e. The van der Waals surface area contributed by atoms with Gasteiger partial charge >= 0.3 is 5.97 Å². The molecule has 0 aliphatic carbocycles. The van der Waals surface area contributed by atoms with E-state index in [1.807, 2.05) is 54.6 Å². The Morgan fingerprint density at radius 2 is 1.72 bits per heavy atom. The van der Waals surface area contributed by atoms with Crippen molar-refractivity contribution in [1.29, 1.82) is 0 Å². The van der Waals surface area contributed by atoms with Crippen molar-refractivity contribution in [2.24, 2.45) is 0 Å². The van der Waals surface area contributed by atoms with Crippen LogP contribution in [0, 0.1) is 0 Å². The van der Waals surface area contributed by atoms with Crippen LogP contribution in [0.5, 0.6) is 0 Å². The summed E-state index contributed by atoms with van der Waals surface area (Å²) >= 11 is 0. The van der Waals surface area contributed by atoms with Gasteiger partial charge in [0.05, 0.1) is 5.56 Å². The van der Waals surface area contributed by atoms with Crippen LogP contribution in [0.1, 0.15) is 30.1 Å². The van der Waals surface area contributed by atoms with Crippen molar-refractivity contribution in [3.8, 4) is 11.1 Å². The predicted octanol–water partition coefficient (Wildman–Crippen LogP) is 4.66. The maximum absolute atomic E-state index is 12.7. The number of amides is 2. The zero-order valence-corrected chi connectivity index (χ0v) is 17.8. The van der Waals surface area contributed by atoms with Crippen LogP contribution in [0.3, 0.4) is 0 Å². The zero-order valence-electron chi connectivity index (χ0n) is 17.8. The summed E-state index contributed by atoms with van der Waals surface area (Å²) in [6.45, 7) is 2.17. The molecule has 1 atom stereocenters. The van der Waals surface area contributed by atoms with E-state index in [-0.39, 0.29) is 5.91 Å². The summed E-state index contributed by atoms with van der Waals surface area (Å²) in [6.07, 6.45) is 0.314. The number of hydrogen-bond donors (Lipinski definition) is 1. The molecule has 0 spiro atoms. The van der Waals surface area contributed by atoms with Crippen molar-refractivity contribution in [1.82, 2.24) is 0 Å². The largest absolute Gasteiger partial charge is 0.449 e. The number of esters is 1. The molecule has 32 heavy (non-hydrogen) atoms. The van der Waals surface area contributed by atoms with Crippen LogP contribution < -0.4 is 10.2 Å². The van der Waals surface area contributed by atoms with Crippen molar-refractivity contribution in [2.45, 2.75) is 25.9 Å². The first-order valence-corrected chi connectivity index (χ1v) is 10.6. The van der Waals surface area contributed by atoms with Crippen LogP contribution in [0.15, 0.2) is 78.9 Å². The average molecular weight is 428 g/mol. The standard InChI is InChI=1S/C26H24N2O4/c1-18(25(30)27-23-14-6-5-13-22(23)19-9-3-2-4-10-19)32-26(31)20-11-7-12-21(17-20)28-16-8-15-24(28)29/h2-7,9-14,17-18H,8,15-16H2,1H3,(H,27,30). The highest BCUT2D eigenvalue weighted by atomic mass is 16.5. The first kappa shape index (κ1) is 21.3. The number of nitrogens with one attached hydrogen (secondary N) is 1. The molecule has 1 aliphatic heterocycles. The Balaban J connectivity index is 1.44. The van der Waals surface area contributed by atoms with Gasteiger partial charge in [-0.3, -0.25) is 9.59 Å². The fourth-order valence-electron chi connectivity index (χ4n) is 3.70. The molecule has 6 nitrogen and oxygen atoms in total. The first-order valence-electron chi connectivity index (χ1n) is 10.6. The molecule has 2 amide bonds. The van der Waals surface area contributed by atoms with Crippen molar-refractivity contribution in [3.05, 3.63) is 84.4 Å². The Labute approximate surface area is 186 Å². The van der Waals surface area contributed by atoms with Gasteiger partial charge in [0.1, 0.15) is 0 Å². The van der Waals surface area contributed by atoms with Crippen molar-refractivity contribution >= 4 is 29.2 Å². The quantitative estimate of drug-likeness (QED) is 0.579. The van der Waals surface area contributed by atoms with Crippen LogP contribution >= 0.6 is 0 Å². The Bertz CT molecular complexity index is 1140. The van der Waals surface area contributed by atoms with E-state index in [4.69, 9.17) is 4.74 Å². The minimum Gasteiger partial charge on any atom is -0.449 e. The minimum absolute atomic E-state index is 0.0420. The summed E-state index contributed by atoms with van der Waals surface area (Å²) in [6, 6.07) is 23.9. The third kappa shape index (κ3) is 4.70. The van der Waals surface area contributed by atoms with E-state index in [0.717, 1.165) is 17.5 Å². The highest BCUT2D eigenvalue weighted by Gasteiger charge is 2.24. The van der Waals surface area contributed by atoms with E-state index in [1.165, 1.54) is 6.92 Å².